The number of carbonyl (C=O) groups excluding carboxylic acids is 1. The van der Waals surface area contributed by atoms with Crippen molar-refractivity contribution in [3.63, 3.8) is 0 Å². The highest BCUT2D eigenvalue weighted by Crippen LogP contribution is 2.35. The highest BCUT2D eigenvalue weighted by atomic mass is 19.1. The highest BCUT2D eigenvalue weighted by molar-refractivity contribution is 5.83. The van der Waals surface area contributed by atoms with Crippen LogP contribution < -0.4 is 20.7 Å². The second-order valence-electron chi connectivity index (χ2n) is 8.50. The Bertz CT molecular complexity index is 792. The van der Waals surface area contributed by atoms with Crippen LogP contribution in [-0.4, -0.2) is 68.3 Å². The van der Waals surface area contributed by atoms with Crippen molar-refractivity contribution in [2.45, 2.75) is 43.8 Å². The fourth-order valence-corrected chi connectivity index (χ4v) is 4.77. The second kappa shape index (κ2) is 9.73. The van der Waals surface area contributed by atoms with E-state index in [0.29, 0.717) is 29.9 Å². The van der Waals surface area contributed by atoms with Crippen molar-refractivity contribution in [3.05, 3.63) is 29.6 Å². The van der Waals surface area contributed by atoms with E-state index in [0.717, 1.165) is 52.0 Å². The number of hydrogen-bond donors (Lipinski definition) is 3. The molecule has 3 fully saturated rings. The maximum absolute atomic E-state index is 14.6. The summed E-state index contributed by atoms with van der Waals surface area (Å²) in [7, 11) is 0. The zero-order valence-corrected chi connectivity index (χ0v) is 17.2. The monoisotopic (exact) mass is 415 g/mol. The van der Waals surface area contributed by atoms with Crippen molar-refractivity contribution in [3.8, 4) is 11.8 Å². The van der Waals surface area contributed by atoms with Crippen LogP contribution in [0.1, 0.15) is 24.8 Å². The minimum absolute atomic E-state index is 0.135. The van der Waals surface area contributed by atoms with Gasteiger partial charge in [0.25, 0.3) is 0 Å². The summed E-state index contributed by atoms with van der Waals surface area (Å²) in [6.45, 7) is 5.28. The molecule has 162 valence electrons. The van der Waals surface area contributed by atoms with Crippen molar-refractivity contribution in [2.75, 3.05) is 39.3 Å². The number of halogens is 1. The van der Waals surface area contributed by atoms with Crippen LogP contribution in [0.4, 0.5) is 4.39 Å². The number of nitrogens with zero attached hydrogens (tertiary/aromatic N) is 2. The minimum Gasteiger partial charge on any atom is -0.492 e. The van der Waals surface area contributed by atoms with E-state index in [2.05, 4.69) is 26.9 Å². The van der Waals surface area contributed by atoms with Crippen molar-refractivity contribution in [2.24, 2.45) is 5.92 Å². The molecule has 1 aliphatic carbocycles. The molecule has 1 aromatic rings. The molecule has 1 saturated carbocycles. The number of piperidine rings is 1. The second-order valence-corrected chi connectivity index (χ2v) is 8.50. The van der Waals surface area contributed by atoms with Crippen molar-refractivity contribution in [1.82, 2.24) is 20.9 Å². The third kappa shape index (κ3) is 5.09. The number of ether oxygens (including phenoxy) is 1. The maximum atomic E-state index is 14.6. The molecular weight excluding hydrogens is 385 g/mol. The Morgan fingerprint density at radius 1 is 1.37 bits per heavy atom. The van der Waals surface area contributed by atoms with Gasteiger partial charge in [-0.3, -0.25) is 9.69 Å². The molecule has 0 radical (unpaired) electrons. The van der Waals surface area contributed by atoms with Gasteiger partial charge in [-0.1, -0.05) is 6.07 Å². The summed E-state index contributed by atoms with van der Waals surface area (Å²) < 4.78 is 20.2. The Hall–Kier alpha value is -2.21. The SMILES string of the molecule is N#C[C@H](Cc1ccc(OCCN2CCNCC2)cc1F)NC(=O)[C@H]1N[C@@H]2CC[C@H]1C2. The molecule has 8 heteroatoms. The van der Waals surface area contributed by atoms with E-state index in [-0.39, 0.29) is 18.4 Å². The molecule has 3 aliphatic rings. The van der Waals surface area contributed by atoms with Gasteiger partial charge in [-0.15, -0.1) is 0 Å². The van der Waals surface area contributed by atoms with Crippen LogP contribution in [0.15, 0.2) is 18.2 Å². The first kappa shape index (κ1) is 21.0. The maximum Gasteiger partial charge on any atom is 0.238 e. The average molecular weight is 416 g/mol. The first-order chi connectivity index (χ1) is 14.6. The van der Waals surface area contributed by atoms with Crippen LogP contribution >= 0.6 is 0 Å². The zero-order chi connectivity index (χ0) is 20.9. The first-order valence-corrected chi connectivity index (χ1v) is 10.9. The fourth-order valence-electron chi connectivity index (χ4n) is 4.77. The molecule has 2 heterocycles. The predicted octanol–water partition coefficient (Wildman–Crippen LogP) is 0.801. The number of benzene rings is 1. The highest BCUT2D eigenvalue weighted by Gasteiger charge is 2.43. The lowest BCUT2D eigenvalue weighted by atomic mass is 9.98. The van der Waals surface area contributed by atoms with Gasteiger partial charge in [0.05, 0.1) is 12.1 Å². The van der Waals surface area contributed by atoms with Gasteiger partial charge in [-0.2, -0.15) is 5.26 Å². The quantitative estimate of drug-likeness (QED) is 0.582. The van der Waals surface area contributed by atoms with Gasteiger partial charge in [0, 0.05) is 51.3 Å². The largest absolute Gasteiger partial charge is 0.492 e. The topological polar surface area (TPSA) is 89.4 Å². The van der Waals surface area contributed by atoms with Gasteiger partial charge in [0.1, 0.15) is 24.2 Å². The standard InChI is InChI=1S/C22H30FN5O2/c23-20-13-19(30-10-9-28-7-5-25-6-8-28)4-2-15(20)11-18(14-24)27-22(29)21-16-1-3-17(12-16)26-21/h2,4,13,16-18,21,25-26H,1,3,5-12H2,(H,27,29)/t16-,17+,18-,21-/m0/s1. The minimum atomic E-state index is -0.757. The van der Waals surface area contributed by atoms with Crippen molar-refractivity contribution < 1.29 is 13.9 Å². The van der Waals surface area contributed by atoms with Crippen LogP contribution in [0.2, 0.25) is 0 Å². The third-order valence-corrected chi connectivity index (χ3v) is 6.45. The number of fused-ring (bicyclic) bond motifs is 2. The lowest BCUT2D eigenvalue weighted by Crippen LogP contribution is -2.50. The Kier molecular flexibility index (Phi) is 6.82. The van der Waals surface area contributed by atoms with E-state index in [4.69, 9.17) is 4.74 Å². The van der Waals surface area contributed by atoms with E-state index in [9.17, 15) is 14.4 Å². The third-order valence-electron chi connectivity index (χ3n) is 6.45. The van der Waals surface area contributed by atoms with Crippen LogP contribution in [-0.2, 0) is 11.2 Å². The Labute approximate surface area is 176 Å². The molecule has 7 nitrogen and oxygen atoms in total. The molecule has 4 rings (SSSR count). The Balaban J connectivity index is 1.26. The normalized spacial score (nSPS) is 26.9. The Morgan fingerprint density at radius 2 is 2.20 bits per heavy atom. The fraction of sp³-hybridized carbons (Fsp3) is 0.636. The summed E-state index contributed by atoms with van der Waals surface area (Å²) in [6.07, 6.45) is 3.33. The van der Waals surface area contributed by atoms with Gasteiger partial charge in [-0.25, -0.2) is 4.39 Å². The lowest BCUT2D eigenvalue weighted by Gasteiger charge is -2.26. The number of piperazine rings is 1. The van der Waals surface area contributed by atoms with E-state index < -0.39 is 11.9 Å². The van der Waals surface area contributed by atoms with Gasteiger partial charge >= 0.3 is 0 Å². The van der Waals surface area contributed by atoms with Crippen molar-refractivity contribution >= 4 is 5.91 Å². The summed E-state index contributed by atoms with van der Waals surface area (Å²) in [4.78, 5) is 14.8. The van der Waals surface area contributed by atoms with E-state index in [1.54, 1.807) is 12.1 Å². The van der Waals surface area contributed by atoms with Crippen LogP contribution in [0.3, 0.4) is 0 Å². The summed E-state index contributed by atoms with van der Waals surface area (Å²) in [5, 5.41) is 18.9. The average Bonchev–Trinajstić information content (AvgIpc) is 3.39. The summed E-state index contributed by atoms with van der Waals surface area (Å²) >= 11 is 0. The van der Waals surface area contributed by atoms with E-state index in [1.807, 2.05) is 0 Å². The molecule has 2 aliphatic heterocycles. The van der Waals surface area contributed by atoms with E-state index in [1.165, 1.54) is 6.07 Å². The number of amides is 1. The molecule has 3 N–H and O–H groups in total. The van der Waals surface area contributed by atoms with Gasteiger partial charge < -0.3 is 20.7 Å². The number of carbonyl (C=O) groups is 1. The number of nitrogens with one attached hydrogen (secondary N) is 3. The number of nitriles is 1. The number of rotatable bonds is 8. The molecule has 0 unspecified atom stereocenters. The zero-order valence-electron chi connectivity index (χ0n) is 17.2. The van der Waals surface area contributed by atoms with Gasteiger partial charge in [0.2, 0.25) is 5.91 Å². The van der Waals surface area contributed by atoms with Crippen LogP contribution in [0.25, 0.3) is 0 Å². The summed E-state index contributed by atoms with van der Waals surface area (Å²) in [5.41, 5.74) is 0.400. The van der Waals surface area contributed by atoms with Crippen LogP contribution in [0, 0.1) is 23.1 Å². The summed E-state index contributed by atoms with van der Waals surface area (Å²) in [5.74, 6) is 0.267. The van der Waals surface area contributed by atoms with Gasteiger partial charge in [0.15, 0.2) is 0 Å². The van der Waals surface area contributed by atoms with Crippen molar-refractivity contribution in [1.29, 1.82) is 5.26 Å². The molecule has 2 bridgehead atoms. The smallest absolute Gasteiger partial charge is 0.238 e. The molecule has 30 heavy (non-hydrogen) atoms. The first-order valence-electron chi connectivity index (χ1n) is 10.9. The number of hydrogen-bond acceptors (Lipinski definition) is 6. The molecule has 2 saturated heterocycles. The predicted molar refractivity (Wildman–Crippen MR) is 111 cm³/mol. The molecular formula is C22H30FN5O2. The van der Waals surface area contributed by atoms with E-state index >= 15 is 0 Å². The molecule has 1 aromatic carbocycles. The van der Waals surface area contributed by atoms with Gasteiger partial charge in [-0.05, 0) is 36.8 Å². The Morgan fingerprint density at radius 3 is 2.87 bits per heavy atom. The summed E-state index contributed by atoms with van der Waals surface area (Å²) in [6, 6.07) is 6.26. The van der Waals surface area contributed by atoms with Crippen LogP contribution in [0.5, 0.6) is 5.75 Å². The molecule has 0 aromatic heterocycles. The molecule has 4 atom stereocenters. The molecule has 1 amide bonds. The lowest BCUT2D eigenvalue weighted by molar-refractivity contribution is -0.124. The molecule has 0 spiro atoms.